The highest BCUT2D eigenvalue weighted by Crippen LogP contribution is 2.51. The van der Waals surface area contributed by atoms with E-state index >= 15 is 0 Å². The van der Waals surface area contributed by atoms with Crippen molar-refractivity contribution in [3.8, 4) is 0 Å². The molecule has 3 rings (SSSR count). The number of carbonyl (C=O) groups is 2. The van der Waals surface area contributed by atoms with Gasteiger partial charge in [-0.1, -0.05) is 24.3 Å². The smallest absolute Gasteiger partial charge is 0.317 e. The van der Waals surface area contributed by atoms with E-state index < -0.39 is 28.2 Å². The second-order valence-electron chi connectivity index (χ2n) is 7.11. The topological polar surface area (TPSA) is 101 Å². The number of amides is 1. The predicted molar refractivity (Wildman–Crippen MR) is 98.2 cm³/mol. The highest BCUT2D eigenvalue weighted by atomic mass is 19.1. The fraction of sp³-hybridized carbons (Fsp3) is 0.300. The quantitative estimate of drug-likeness (QED) is 0.627. The number of rotatable bonds is 5. The molecular formula is C20H19FN2O5. The Bertz CT molecular complexity index is 944. The first-order chi connectivity index (χ1) is 13.2. The van der Waals surface area contributed by atoms with Crippen LogP contribution in [0.15, 0.2) is 48.5 Å². The van der Waals surface area contributed by atoms with Crippen molar-refractivity contribution in [1.29, 1.82) is 0 Å². The SMILES string of the molecule is CC(C)N1C(=O)C[C@@](C(=O)O)(c2ccc([N+](=O)[O-])cc2)[C@H]1c1cccc(F)c1. The Morgan fingerprint density at radius 2 is 1.93 bits per heavy atom. The van der Waals surface area contributed by atoms with Crippen LogP contribution < -0.4 is 0 Å². The van der Waals surface area contributed by atoms with Crippen LogP contribution in [0.1, 0.15) is 37.4 Å². The third kappa shape index (κ3) is 3.00. The minimum atomic E-state index is -1.69. The molecule has 28 heavy (non-hydrogen) atoms. The van der Waals surface area contributed by atoms with Crippen molar-refractivity contribution >= 4 is 17.6 Å². The number of carboxylic acid groups (broad SMARTS) is 1. The van der Waals surface area contributed by atoms with Gasteiger partial charge in [-0.2, -0.15) is 0 Å². The summed E-state index contributed by atoms with van der Waals surface area (Å²) < 4.78 is 13.9. The Morgan fingerprint density at radius 3 is 2.43 bits per heavy atom. The van der Waals surface area contributed by atoms with Gasteiger partial charge in [0, 0.05) is 24.6 Å². The number of hydrogen-bond donors (Lipinski definition) is 1. The molecule has 1 saturated heterocycles. The summed E-state index contributed by atoms with van der Waals surface area (Å²) in [4.78, 5) is 37.1. The monoisotopic (exact) mass is 386 g/mol. The van der Waals surface area contributed by atoms with E-state index in [1.807, 2.05) is 0 Å². The molecule has 7 nitrogen and oxygen atoms in total. The highest BCUT2D eigenvalue weighted by Gasteiger charge is 2.59. The number of aliphatic carboxylic acids is 1. The molecule has 2 atom stereocenters. The first-order valence-corrected chi connectivity index (χ1v) is 8.73. The zero-order valence-corrected chi connectivity index (χ0v) is 15.3. The van der Waals surface area contributed by atoms with E-state index in [0.717, 1.165) is 0 Å². The molecule has 1 aliphatic heterocycles. The van der Waals surface area contributed by atoms with E-state index in [-0.39, 0.29) is 29.6 Å². The van der Waals surface area contributed by atoms with Crippen molar-refractivity contribution in [2.24, 2.45) is 0 Å². The summed E-state index contributed by atoms with van der Waals surface area (Å²) in [6.45, 7) is 3.52. The van der Waals surface area contributed by atoms with Gasteiger partial charge < -0.3 is 10.0 Å². The summed E-state index contributed by atoms with van der Waals surface area (Å²) in [7, 11) is 0. The molecule has 1 heterocycles. The zero-order valence-electron chi connectivity index (χ0n) is 15.3. The average molecular weight is 386 g/mol. The molecule has 0 saturated carbocycles. The molecule has 1 N–H and O–H groups in total. The number of hydrogen-bond acceptors (Lipinski definition) is 4. The molecule has 0 radical (unpaired) electrons. The van der Waals surface area contributed by atoms with Gasteiger partial charge in [0.1, 0.15) is 11.2 Å². The molecule has 0 aliphatic carbocycles. The molecule has 2 aromatic rings. The molecule has 1 aliphatic rings. The minimum absolute atomic E-state index is 0.184. The molecule has 0 spiro atoms. The van der Waals surface area contributed by atoms with Crippen LogP contribution in [0.5, 0.6) is 0 Å². The summed E-state index contributed by atoms with van der Waals surface area (Å²) in [5.74, 6) is -2.15. The van der Waals surface area contributed by atoms with Crippen LogP contribution in [-0.4, -0.2) is 32.8 Å². The number of benzene rings is 2. The maximum absolute atomic E-state index is 13.9. The molecule has 0 unspecified atom stereocenters. The number of nitro groups is 1. The summed E-state index contributed by atoms with van der Waals surface area (Å²) >= 11 is 0. The van der Waals surface area contributed by atoms with Crippen molar-refractivity contribution in [1.82, 2.24) is 4.90 Å². The van der Waals surface area contributed by atoms with Crippen LogP contribution in [0.4, 0.5) is 10.1 Å². The molecule has 1 amide bonds. The van der Waals surface area contributed by atoms with Crippen LogP contribution >= 0.6 is 0 Å². The number of nitrogens with zero attached hydrogens (tertiary/aromatic N) is 2. The largest absolute Gasteiger partial charge is 0.480 e. The van der Waals surface area contributed by atoms with E-state index in [4.69, 9.17) is 0 Å². The molecule has 0 bridgehead atoms. The van der Waals surface area contributed by atoms with Crippen LogP contribution in [0.2, 0.25) is 0 Å². The Kier molecular flexibility index (Phi) is 4.89. The second kappa shape index (κ2) is 7.03. The molecule has 2 aromatic carbocycles. The van der Waals surface area contributed by atoms with Crippen LogP contribution in [0.25, 0.3) is 0 Å². The summed E-state index contributed by atoms with van der Waals surface area (Å²) in [6, 6.07) is 9.39. The van der Waals surface area contributed by atoms with E-state index in [0.29, 0.717) is 5.56 Å². The van der Waals surface area contributed by atoms with Crippen molar-refractivity contribution in [2.45, 2.75) is 37.8 Å². The van der Waals surface area contributed by atoms with E-state index in [9.17, 15) is 29.2 Å². The van der Waals surface area contributed by atoms with Crippen LogP contribution in [-0.2, 0) is 15.0 Å². The number of carbonyl (C=O) groups excluding carboxylic acids is 1. The summed E-state index contributed by atoms with van der Waals surface area (Å²) in [5.41, 5.74) is -1.25. The van der Waals surface area contributed by atoms with Crippen molar-refractivity contribution in [3.63, 3.8) is 0 Å². The van der Waals surface area contributed by atoms with Gasteiger partial charge in [-0.05, 0) is 37.1 Å². The van der Waals surface area contributed by atoms with Gasteiger partial charge >= 0.3 is 5.97 Å². The Hall–Kier alpha value is -3.29. The third-order valence-electron chi connectivity index (χ3n) is 5.16. The third-order valence-corrected chi connectivity index (χ3v) is 5.16. The standard InChI is InChI=1S/C20H19FN2O5/c1-12(2)22-17(24)11-20(19(25)26,14-6-8-16(9-7-14)23(27)28)18(22)13-4-3-5-15(21)10-13/h3-10,12,18H,11H2,1-2H3,(H,25,26)/t18-,20-/m1/s1. The number of carboxylic acids is 1. The summed E-state index contributed by atoms with van der Waals surface area (Å²) in [6.07, 6.45) is -0.320. The van der Waals surface area contributed by atoms with Gasteiger partial charge in [0.15, 0.2) is 0 Å². The Labute approximate surface area is 160 Å². The van der Waals surface area contributed by atoms with Gasteiger partial charge in [0.05, 0.1) is 11.0 Å². The first kappa shape index (κ1) is 19.5. The Balaban J connectivity index is 2.25. The second-order valence-corrected chi connectivity index (χ2v) is 7.11. The lowest BCUT2D eigenvalue weighted by molar-refractivity contribution is -0.384. The minimum Gasteiger partial charge on any atom is -0.480 e. The van der Waals surface area contributed by atoms with Crippen LogP contribution in [0.3, 0.4) is 0 Å². The lowest BCUT2D eigenvalue weighted by Crippen LogP contribution is -2.44. The van der Waals surface area contributed by atoms with Gasteiger partial charge in [0.2, 0.25) is 5.91 Å². The maximum Gasteiger partial charge on any atom is 0.317 e. The van der Waals surface area contributed by atoms with Crippen molar-refractivity contribution in [2.75, 3.05) is 0 Å². The number of halogens is 1. The van der Waals surface area contributed by atoms with Crippen LogP contribution in [0, 0.1) is 15.9 Å². The van der Waals surface area contributed by atoms with E-state index in [1.165, 1.54) is 47.4 Å². The van der Waals surface area contributed by atoms with Gasteiger partial charge in [-0.15, -0.1) is 0 Å². The fourth-order valence-corrected chi connectivity index (χ4v) is 3.97. The first-order valence-electron chi connectivity index (χ1n) is 8.73. The van der Waals surface area contributed by atoms with Crippen molar-refractivity contribution < 1.29 is 24.0 Å². The molecule has 8 heteroatoms. The lowest BCUT2D eigenvalue weighted by Gasteiger charge is -2.37. The molecular weight excluding hydrogens is 367 g/mol. The van der Waals surface area contributed by atoms with Crippen molar-refractivity contribution in [3.05, 3.63) is 75.6 Å². The van der Waals surface area contributed by atoms with E-state index in [2.05, 4.69) is 0 Å². The Morgan fingerprint density at radius 1 is 1.29 bits per heavy atom. The number of nitro benzene ring substituents is 1. The maximum atomic E-state index is 13.9. The van der Waals surface area contributed by atoms with Gasteiger partial charge in [-0.3, -0.25) is 19.7 Å². The highest BCUT2D eigenvalue weighted by molar-refractivity contribution is 5.95. The average Bonchev–Trinajstić information content (AvgIpc) is 2.96. The molecule has 0 aromatic heterocycles. The zero-order chi connectivity index (χ0) is 20.6. The van der Waals surface area contributed by atoms with E-state index in [1.54, 1.807) is 19.9 Å². The summed E-state index contributed by atoms with van der Waals surface area (Å²) in [5, 5.41) is 21.2. The normalized spacial score (nSPS) is 21.9. The predicted octanol–water partition coefficient (Wildman–Crippen LogP) is 3.44. The van der Waals surface area contributed by atoms with Gasteiger partial charge in [-0.25, -0.2) is 4.39 Å². The number of non-ortho nitro benzene ring substituents is 1. The number of likely N-dealkylation sites (tertiary alicyclic amines) is 1. The fourth-order valence-electron chi connectivity index (χ4n) is 3.97. The lowest BCUT2D eigenvalue weighted by atomic mass is 9.71. The van der Waals surface area contributed by atoms with Gasteiger partial charge in [0.25, 0.3) is 5.69 Å². The molecule has 146 valence electrons. The molecule has 1 fully saturated rings.